The first-order chi connectivity index (χ1) is 11.7. The molecule has 1 saturated carbocycles. The lowest BCUT2D eigenvalue weighted by Gasteiger charge is -2.35. The molecule has 0 N–H and O–H groups in total. The second-order valence-corrected chi connectivity index (χ2v) is 7.36. The number of nitriles is 1. The van der Waals surface area contributed by atoms with Gasteiger partial charge in [-0.1, -0.05) is 58.1 Å². The second kappa shape index (κ2) is 9.72. The third kappa shape index (κ3) is 5.00. The van der Waals surface area contributed by atoms with E-state index in [4.69, 9.17) is 4.74 Å². The summed E-state index contributed by atoms with van der Waals surface area (Å²) < 4.78 is 5.83. The number of unbranched alkanes of at least 4 members (excludes halogenated alkanes) is 3. The molecule has 1 aliphatic carbocycles. The van der Waals surface area contributed by atoms with E-state index in [0.717, 1.165) is 37.5 Å². The molecule has 2 rings (SSSR count). The molecule has 2 nitrogen and oxygen atoms in total. The van der Waals surface area contributed by atoms with Crippen LogP contribution in [0.25, 0.3) is 0 Å². The number of nitrogens with zero attached hydrogens (tertiary/aromatic N) is 1. The van der Waals surface area contributed by atoms with Crippen LogP contribution in [-0.4, -0.2) is 6.61 Å². The first kappa shape index (κ1) is 18.8. The molecule has 1 aliphatic rings. The van der Waals surface area contributed by atoms with Crippen LogP contribution in [-0.2, 0) is 5.41 Å². The Morgan fingerprint density at radius 3 is 2.33 bits per heavy atom. The number of rotatable bonds is 9. The maximum Gasteiger partial charge on any atom is 0.119 e. The Kier molecular flexibility index (Phi) is 7.63. The van der Waals surface area contributed by atoms with Crippen molar-refractivity contribution in [1.82, 2.24) is 0 Å². The van der Waals surface area contributed by atoms with Gasteiger partial charge in [0.1, 0.15) is 5.75 Å². The first-order valence-corrected chi connectivity index (χ1v) is 9.88. The molecule has 0 aliphatic heterocycles. The van der Waals surface area contributed by atoms with Crippen molar-refractivity contribution in [3.05, 3.63) is 29.8 Å². The minimum Gasteiger partial charge on any atom is -0.494 e. The van der Waals surface area contributed by atoms with Crippen molar-refractivity contribution in [3.63, 3.8) is 0 Å². The van der Waals surface area contributed by atoms with Gasteiger partial charge in [-0.25, -0.2) is 0 Å². The van der Waals surface area contributed by atoms with Crippen molar-refractivity contribution in [2.24, 2.45) is 5.92 Å². The van der Waals surface area contributed by atoms with Gasteiger partial charge in [0.15, 0.2) is 0 Å². The molecule has 24 heavy (non-hydrogen) atoms. The third-order valence-corrected chi connectivity index (χ3v) is 5.54. The van der Waals surface area contributed by atoms with E-state index < -0.39 is 0 Å². The Labute approximate surface area is 148 Å². The van der Waals surface area contributed by atoms with Crippen LogP contribution in [0.4, 0.5) is 0 Å². The van der Waals surface area contributed by atoms with Gasteiger partial charge < -0.3 is 4.74 Å². The molecule has 0 bridgehead atoms. The molecule has 0 heterocycles. The Bertz CT molecular complexity index is 506. The van der Waals surface area contributed by atoms with Gasteiger partial charge in [-0.05, 0) is 55.7 Å². The smallest absolute Gasteiger partial charge is 0.119 e. The molecule has 0 saturated heterocycles. The van der Waals surface area contributed by atoms with E-state index in [1.165, 1.54) is 50.5 Å². The summed E-state index contributed by atoms with van der Waals surface area (Å²) >= 11 is 0. The topological polar surface area (TPSA) is 33.0 Å². The predicted octanol–water partition coefficient (Wildman–Crippen LogP) is 6.40. The molecule has 0 amide bonds. The Hall–Kier alpha value is -1.49. The van der Waals surface area contributed by atoms with Crippen molar-refractivity contribution >= 4 is 0 Å². The summed E-state index contributed by atoms with van der Waals surface area (Å²) in [6.07, 6.45) is 11.9. The summed E-state index contributed by atoms with van der Waals surface area (Å²) in [6.45, 7) is 5.27. The van der Waals surface area contributed by atoms with Crippen molar-refractivity contribution in [1.29, 1.82) is 5.26 Å². The summed E-state index contributed by atoms with van der Waals surface area (Å²) in [4.78, 5) is 0. The quantitative estimate of drug-likeness (QED) is 0.492. The summed E-state index contributed by atoms with van der Waals surface area (Å²) in [6, 6.07) is 11.0. The molecule has 0 atom stereocenters. The fraction of sp³-hybridized carbons (Fsp3) is 0.682. The van der Waals surface area contributed by atoms with Crippen molar-refractivity contribution in [2.45, 2.75) is 83.5 Å². The van der Waals surface area contributed by atoms with Crippen LogP contribution in [0, 0.1) is 17.2 Å². The summed E-state index contributed by atoms with van der Waals surface area (Å²) in [7, 11) is 0. The summed E-state index contributed by atoms with van der Waals surface area (Å²) in [5.74, 6) is 1.75. The van der Waals surface area contributed by atoms with E-state index in [9.17, 15) is 5.26 Å². The zero-order valence-electron chi connectivity index (χ0n) is 15.5. The minimum absolute atomic E-state index is 0.274. The largest absolute Gasteiger partial charge is 0.494 e. The molecule has 1 aromatic carbocycles. The van der Waals surface area contributed by atoms with E-state index >= 15 is 0 Å². The Balaban J connectivity index is 1.90. The van der Waals surface area contributed by atoms with E-state index in [1.807, 2.05) is 12.1 Å². The zero-order valence-corrected chi connectivity index (χ0v) is 15.5. The highest BCUT2D eigenvalue weighted by Gasteiger charge is 2.36. The lowest BCUT2D eigenvalue weighted by Crippen LogP contribution is -2.30. The summed E-state index contributed by atoms with van der Waals surface area (Å²) in [5, 5.41) is 9.82. The predicted molar refractivity (Wildman–Crippen MR) is 100 cm³/mol. The average molecular weight is 328 g/mol. The standard InChI is InChI=1S/C22H33NO/c1-3-5-6-7-17-24-21-11-9-20(10-12-21)22(18-23)15-13-19(8-4-2)14-16-22/h9-12,19H,3-8,13-17H2,1-2H3/t19-,22+. The molecule has 0 radical (unpaired) electrons. The van der Waals surface area contributed by atoms with E-state index in [-0.39, 0.29) is 5.41 Å². The zero-order chi connectivity index (χ0) is 17.3. The average Bonchev–Trinajstić information content (AvgIpc) is 2.63. The van der Waals surface area contributed by atoms with E-state index in [2.05, 4.69) is 32.0 Å². The maximum atomic E-state index is 9.82. The maximum absolute atomic E-state index is 9.82. The Morgan fingerprint density at radius 2 is 1.75 bits per heavy atom. The highest BCUT2D eigenvalue weighted by atomic mass is 16.5. The lowest BCUT2D eigenvalue weighted by molar-refractivity contribution is 0.265. The number of hydrogen-bond acceptors (Lipinski definition) is 2. The first-order valence-electron chi connectivity index (χ1n) is 9.88. The summed E-state index contributed by atoms with van der Waals surface area (Å²) in [5.41, 5.74) is 0.905. The van der Waals surface area contributed by atoms with Crippen molar-refractivity contribution in [3.8, 4) is 11.8 Å². The molecule has 1 fully saturated rings. The van der Waals surface area contributed by atoms with Gasteiger partial charge in [0.2, 0.25) is 0 Å². The van der Waals surface area contributed by atoms with Crippen LogP contribution in [0.5, 0.6) is 5.75 Å². The highest BCUT2D eigenvalue weighted by Crippen LogP contribution is 2.42. The van der Waals surface area contributed by atoms with Gasteiger partial charge in [0, 0.05) is 0 Å². The SMILES string of the molecule is CCCCCCOc1ccc([C@]2(C#N)CC[C@H](CCC)CC2)cc1. The highest BCUT2D eigenvalue weighted by molar-refractivity contribution is 5.37. The van der Waals surface area contributed by atoms with Gasteiger partial charge in [-0.15, -0.1) is 0 Å². The molecule has 0 spiro atoms. The molecule has 132 valence electrons. The van der Waals surface area contributed by atoms with Crippen LogP contribution in [0.15, 0.2) is 24.3 Å². The fourth-order valence-corrected chi connectivity index (χ4v) is 3.92. The van der Waals surface area contributed by atoms with Gasteiger partial charge in [0.05, 0.1) is 18.1 Å². The molecular formula is C22H33NO. The fourth-order valence-electron chi connectivity index (χ4n) is 3.92. The number of hydrogen-bond donors (Lipinski definition) is 0. The lowest BCUT2D eigenvalue weighted by atomic mass is 9.67. The molecule has 0 aromatic heterocycles. The van der Waals surface area contributed by atoms with Crippen LogP contribution >= 0.6 is 0 Å². The van der Waals surface area contributed by atoms with Gasteiger partial charge in [-0.2, -0.15) is 5.26 Å². The number of benzene rings is 1. The number of ether oxygens (including phenoxy) is 1. The molecule has 2 heteroatoms. The van der Waals surface area contributed by atoms with Crippen LogP contribution in [0.1, 0.15) is 83.6 Å². The van der Waals surface area contributed by atoms with Gasteiger partial charge in [0.25, 0.3) is 0 Å². The third-order valence-electron chi connectivity index (χ3n) is 5.54. The minimum atomic E-state index is -0.274. The van der Waals surface area contributed by atoms with E-state index in [0.29, 0.717) is 0 Å². The van der Waals surface area contributed by atoms with E-state index in [1.54, 1.807) is 0 Å². The van der Waals surface area contributed by atoms with Crippen LogP contribution in [0.3, 0.4) is 0 Å². The van der Waals surface area contributed by atoms with Crippen molar-refractivity contribution in [2.75, 3.05) is 6.61 Å². The Morgan fingerprint density at radius 1 is 1.04 bits per heavy atom. The molecule has 1 aromatic rings. The van der Waals surface area contributed by atoms with Gasteiger partial charge >= 0.3 is 0 Å². The second-order valence-electron chi connectivity index (χ2n) is 7.36. The van der Waals surface area contributed by atoms with Crippen LogP contribution < -0.4 is 4.74 Å². The van der Waals surface area contributed by atoms with Gasteiger partial charge in [-0.3, -0.25) is 0 Å². The van der Waals surface area contributed by atoms with Crippen LogP contribution in [0.2, 0.25) is 0 Å². The molecule has 0 unspecified atom stereocenters. The monoisotopic (exact) mass is 327 g/mol. The molecular weight excluding hydrogens is 294 g/mol. The normalized spacial score (nSPS) is 23.6. The van der Waals surface area contributed by atoms with Crippen molar-refractivity contribution < 1.29 is 4.74 Å².